The van der Waals surface area contributed by atoms with Crippen molar-refractivity contribution in [3.05, 3.63) is 41.9 Å². The molecule has 76 valence electrons. The fourth-order valence-corrected chi connectivity index (χ4v) is 2.88. The Bertz CT molecular complexity index is 812. The predicted octanol–water partition coefficient (Wildman–Crippen LogP) is 4.20. The van der Waals surface area contributed by atoms with Crippen LogP contribution in [0.4, 0.5) is 0 Å². The van der Waals surface area contributed by atoms with Crippen LogP contribution in [0.3, 0.4) is 0 Å². The molecule has 0 aliphatic rings. The summed E-state index contributed by atoms with van der Waals surface area (Å²) in [5.74, 6) is 0. The van der Waals surface area contributed by atoms with Gasteiger partial charge in [-0.05, 0) is 18.2 Å². The first-order chi connectivity index (χ1) is 7.93. The van der Waals surface area contributed by atoms with E-state index in [1.165, 1.54) is 10.8 Å². The molecule has 0 radical (unpaired) electrons. The Morgan fingerprint density at radius 2 is 1.94 bits per heavy atom. The standard InChI is InChI=1S/C13H7NOS/c1-2-4-11-8(3-1)9-5-6-10-13(12(9)15-11)16-7-14-10/h1-7H. The van der Waals surface area contributed by atoms with Crippen LogP contribution in [0.5, 0.6) is 0 Å². The van der Waals surface area contributed by atoms with Gasteiger partial charge in [-0.1, -0.05) is 18.2 Å². The normalized spacial score (nSPS) is 11.8. The molecule has 0 spiro atoms. The number of hydrogen-bond donors (Lipinski definition) is 0. The highest BCUT2D eigenvalue weighted by Gasteiger charge is 2.10. The van der Waals surface area contributed by atoms with Crippen LogP contribution in [0.15, 0.2) is 46.3 Å². The summed E-state index contributed by atoms with van der Waals surface area (Å²) in [6.45, 7) is 0. The minimum atomic E-state index is 0.943. The Balaban J connectivity index is 2.38. The Labute approximate surface area is 95.1 Å². The number of rotatable bonds is 0. The third-order valence-electron chi connectivity index (χ3n) is 2.84. The molecule has 0 atom stereocenters. The molecule has 3 heteroatoms. The highest BCUT2D eigenvalue weighted by Crippen LogP contribution is 2.34. The van der Waals surface area contributed by atoms with Gasteiger partial charge in [-0.3, -0.25) is 0 Å². The first kappa shape index (κ1) is 8.30. The van der Waals surface area contributed by atoms with Crippen molar-refractivity contribution in [1.29, 1.82) is 0 Å². The quantitative estimate of drug-likeness (QED) is 0.448. The minimum Gasteiger partial charge on any atom is -0.454 e. The molecule has 16 heavy (non-hydrogen) atoms. The smallest absolute Gasteiger partial charge is 0.154 e. The van der Waals surface area contributed by atoms with Gasteiger partial charge in [0.15, 0.2) is 5.58 Å². The van der Waals surface area contributed by atoms with Crippen LogP contribution in [-0.4, -0.2) is 4.98 Å². The van der Waals surface area contributed by atoms with Crippen molar-refractivity contribution in [3.63, 3.8) is 0 Å². The first-order valence-electron chi connectivity index (χ1n) is 5.07. The second kappa shape index (κ2) is 2.83. The first-order valence-corrected chi connectivity index (χ1v) is 5.95. The average molecular weight is 225 g/mol. The lowest BCUT2D eigenvalue weighted by atomic mass is 10.1. The number of hydrogen-bond acceptors (Lipinski definition) is 3. The molecule has 4 rings (SSSR count). The van der Waals surface area contributed by atoms with E-state index in [1.54, 1.807) is 11.3 Å². The maximum Gasteiger partial charge on any atom is 0.154 e. The molecule has 4 aromatic rings. The van der Waals surface area contributed by atoms with Gasteiger partial charge >= 0.3 is 0 Å². The van der Waals surface area contributed by atoms with Crippen molar-refractivity contribution in [2.45, 2.75) is 0 Å². The van der Waals surface area contributed by atoms with E-state index in [9.17, 15) is 0 Å². The number of furan rings is 1. The molecule has 0 aliphatic heterocycles. The van der Waals surface area contributed by atoms with Gasteiger partial charge < -0.3 is 4.42 Å². The van der Waals surface area contributed by atoms with Gasteiger partial charge in [0.1, 0.15) is 5.58 Å². The zero-order valence-corrected chi connectivity index (χ0v) is 9.12. The van der Waals surface area contributed by atoms with Crippen LogP contribution in [0.25, 0.3) is 32.2 Å². The molecular formula is C13H7NOS. The van der Waals surface area contributed by atoms with Gasteiger partial charge in [0.05, 0.1) is 15.7 Å². The number of aromatic nitrogens is 1. The third kappa shape index (κ3) is 0.933. The molecular weight excluding hydrogens is 218 g/mol. The Kier molecular flexibility index (Phi) is 1.47. The largest absolute Gasteiger partial charge is 0.454 e. The molecule has 0 unspecified atom stereocenters. The Morgan fingerprint density at radius 1 is 1.00 bits per heavy atom. The van der Waals surface area contributed by atoms with E-state index in [2.05, 4.69) is 23.2 Å². The molecule has 0 amide bonds. The fraction of sp³-hybridized carbons (Fsp3) is 0. The average Bonchev–Trinajstić information content (AvgIpc) is 2.92. The number of benzene rings is 2. The second-order valence-electron chi connectivity index (χ2n) is 3.74. The van der Waals surface area contributed by atoms with Crippen LogP contribution in [-0.2, 0) is 0 Å². The molecule has 2 aromatic heterocycles. The van der Waals surface area contributed by atoms with Gasteiger partial charge in [-0.2, -0.15) is 0 Å². The van der Waals surface area contributed by atoms with E-state index in [0.717, 1.165) is 21.4 Å². The van der Waals surface area contributed by atoms with Crippen molar-refractivity contribution in [2.75, 3.05) is 0 Å². The van der Waals surface area contributed by atoms with Gasteiger partial charge in [-0.25, -0.2) is 4.98 Å². The third-order valence-corrected chi connectivity index (χ3v) is 3.68. The van der Waals surface area contributed by atoms with E-state index >= 15 is 0 Å². The highest BCUT2D eigenvalue weighted by molar-refractivity contribution is 7.17. The minimum absolute atomic E-state index is 0.943. The molecule has 2 heterocycles. The van der Waals surface area contributed by atoms with E-state index in [-0.39, 0.29) is 0 Å². The fourth-order valence-electron chi connectivity index (χ4n) is 2.11. The van der Waals surface area contributed by atoms with Crippen LogP contribution in [0.1, 0.15) is 0 Å². The lowest BCUT2D eigenvalue weighted by molar-refractivity contribution is 0.673. The van der Waals surface area contributed by atoms with Gasteiger partial charge in [-0.15, -0.1) is 11.3 Å². The van der Waals surface area contributed by atoms with E-state index < -0.39 is 0 Å². The van der Waals surface area contributed by atoms with Crippen molar-refractivity contribution in [2.24, 2.45) is 0 Å². The zero-order valence-electron chi connectivity index (χ0n) is 8.31. The number of nitrogens with zero attached hydrogens (tertiary/aromatic N) is 1. The summed E-state index contributed by atoms with van der Waals surface area (Å²) in [7, 11) is 0. The van der Waals surface area contributed by atoms with Crippen molar-refractivity contribution in [1.82, 2.24) is 4.98 Å². The molecule has 0 saturated carbocycles. The molecule has 0 saturated heterocycles. The maximum absolute atomic E-state index is 5.89. The van der Waals surface area contributed by atoms with Crippen molar-refractivity contribution >= 4 is 43.5 Å². The molecule has 0 aliphatic carbocycles. The summed E-state index contributed by atoms with van der Waals surface area (Å²) >= 11 is 1.63. The summed E-state index contributed by atoms with van der Waals surface area (Å²) in [6, 6.07) is 12.3. The summed E-state index contributed by atoms with van der Waals surface area (Å²) in [5.41, 5.74) is 4.77. The van der Waals surface area contributed by atoms with Crippen molar-refractivity contribution in [3.8, 4) is 0 Å². The van der Waals surface area contributed by atoms with Gasteiger partial charge in [0.2, 0.25) is 0 Å². The molecule has 0 bridgehead atoms. The monoisotopic (exact) mass is 225 g/mol. The SMILES string of the molecule is c1ccc2c(c1)oc1c2ccc2ncsc21. The van der Waals surface area contributed by atoms with Crippen LogP contribution >= 0.6 is 11.3 Å². The molecule has 0 N–H and O–H groups in total. The Morgan fingerprint density at radius 3 is 2.94 bits per heavy atom. The lowest BCUT2D eigenvalue weighted by Gasteiger charge is -1.89. The van der Waals surface area contributed by atoms with Crippen LogP contribution in [0.2, 0.25) is 0 Å². The molecule has 2 nitrogen and oxygen atoms in total. The van der Waals surface area contributed by atoms with Crippen LogP contribution in [0, 0.1) is 0 Å². The number of para-hydroxylation sites is 1. The summed E-state index contributed by atoms with van der Waals surface area (Å²) in [5, 5.41) is 2.35. The number of thiazole rings is 1. The van der Waals surface area contributed by atoms with Crippen molar-refractivity contribution < 1.29 is 4.42 Å². The molecule has 0 fully saturated rings. The maximum atomic E-state index is 5.89. The number of fused-ring (bicyclic) bond motifs is 5. The van der Waals surface area contributed by atoms with Gasteiger partial charge in [0, 0.05) is 10.8 Å². The summed E-state index contributed by atoms with van der Waals surface area (Å²) < 4.78 is 7.03. The van der Waals surface area contributed by atoms with E-state index in [1.807, 2.05) is 23.7 Å². The predicted molar refractivity (Wildman–Crippen MR) is 66.9 cm³/mol. The summed E-state index contributed by atoms with van der Waals surface area (Å²) in [4.78, 5) is 4.30. The zero-order chi connectivity index (χ0) is 10.5. The van der Waals surface area contributed by atoms with Gasteiger partial charge in [0.25, 0.3) is 0 Å². The molecule has 2 aromatic carbocycles. The lowest BCUT2D eigenvalue weighted by Crippen LogP contribution is -1.68. The van der Waals surface area contributed by atoms with E-state index in [0.29, 0.717) is 0 Å². The summed E-state index contributed by atoms with van der Waals surface area (Å²) in [6.07, 6.45) is 0. The highest BCUT2D eigenvalue weighted by atomic mass is 32.1. The topological polar surface area (TPSA) is 26.0 Å². The van der Waals surface area contributed by atoms with E-state index in [4.69, 9.17) is 4.42 Å². The Hall–Kier alpha value is -1.87. The van der Waals surface area contributed by atoms with Crippen LogP contribution < -0.4 is 0 Å². The second-order valence-corrected chi connectivity index (χ2v) is 4.60.